The largest absolute Gasteiger partial charge is 0.497 e. The Bertz CT molecular complexity index is 758. The molecule has 0 aliphatic carbocycles. The van der Waals surface area contributed by atoms with Crippen molar-refractivity contribution in [2.75, 3.05) is 7.11 Å². The van der Waals surface area contributed by atoms with Crippen LogP contribution in [0, 0.1) is 4.77 Å². The Kier molecular flexibility index (Phi) is 3.12. The Labute approximate surface area is 119 Å². The lowest BCUT2D eigenvalue weighted by Gasteiger charge is -2.12. The van der Waals surface area contributed by atoms with E-state index in [9.17, 15) is 0 Å². The lowest BCUT2D eigenvalue weighted by atomic mass is 10.2. The van der Waals surface area contributed by atoms with Gasteiger partial charge in [-0.3, -0.25) is 0 Å². The molecule has 19 heavy (non-hydrogen) atoms. The van der Waals surface area contributed by atoms with E-state index in [1.54, 1.807) is 18.4 Å². The van der Waals surface area contributed by atoms with Crippen LogP contribution in [0.5, 0.6) is 5.75 Å². The number of ether oxygens (including phenoxy) is 1. The maximum atomic E-state index is 5.43. The van der Waals surface area contributed by atoms with Gasteiger partial charge in [0.15, 0.2) is 4.77 Å². The molecule has 2 aromatic heterocycles. The van der Waals surface area contributed by atoms with Crippen LogP contribution in [-0.4, -0.2) is 21.6 Å². The molecule has 1 N–H and O–H groups in total. The molecule has 6 heteroatoms. The first-order valence-corrected chi connectivity index (χ1v) is 7.17. The standard InChI is InChI=1S/C13H13N3OS2/c1-8(12-14-5-6-19-12)16-11-7-9(17-2)3-4-10(11)15-13(16)18/h3-8H,1-2H3,(H,15,18). The van der Waals surface area contributed by atoms with Crippen LogP contribution < -0.4 is 4.74 Å². The van der Waals surface area contributed by atoms with Crippen molar-refractivity contribution in [3.8, 4) is 5.75 Å². The molecule has 0 radical (unpaired) electrons. The van der Waals surface area contributed by atoms with Crippen LogP contribution in [0.2, 0.25) is 0 Å². The van der Waals surface area contributed by atoms with Crippen molar-refractivity contribution in [2.45, 2.75) is 13.0 Å². The molecular formula is C13H13N3OS2. The van der Waals surface area contributed by atoms with Gasteiger partial charge in [-0.25, -0.2) is 4.98 Å². The molecule has 0 amide bonds. The highest BCUT2D eigenvalue weighted by Crippen LogP contribution is 2.27. The van der Waals surface area contributed by atoms with Gasteiger partial charge < -0.3 is 14.3 Å². The van der Waals surface area contributed by atoms with Gasteiger partial charge in [0.1, 0.15) is 10.8 Å². The van der Waals surface area contributed by atoms with Gasteiger partial charge in [0.05, 0.1) is 24.2 Å². The van der Waals surface area contributed by atoms with Gasteiger partial charge in [0, 0.05) is 17.6 Å². The number of benzene rings is 1. The summed E-state index contributed by atoms with van der Waals surface area (Å²) >= 11 is 7.06. The van der Waals surface area contributed by atoms with E-state index in [1.165, 1.54) is 0 Å². The van der Waals surface area contributed by atoms with E-state index >= 15 is 0 Å². The fraction of sp³-hybridized carbons (Fsp3) is 0.231. The highest BCUT2D eigenvalue weighted by Gasteiger charge is 2.15. The summed E-state index contributed by atoms with van der Waals surface area (Å²) < 4.78 is 8.06. The first kappa shape index (κ1) is 12.4. The summed E-state index contributed by atoms with van der Waals surface area (Å²) in [5.41, 5.74) is 2.04. The number of methoxy groups -OCH3 is 1. The minimum Gasteiger partial charge on any atom is -0.497 e. The smallest absolute Gasteiger partial charge is 0.178 e. The first-order valence-electron chi connectivity index (χ1n) is 5.88. The zero-order valence-corrected chi connectivity index (χ0v) is 12.2. The van der Waals surface area contributed by atoms with Crippen molar-refractivity contribution in [1.82, 2.24) is 14.5 Å². The van der Waals surface area contributed by atoms with Crippen LogP contribution in [0.1, 0.15) is 18.0 Å². The number of rotatable bonds is 3. The average molecular weight is 291 g/mol. The van der Waals surface area contributed by atoms with Crippen molar-refractivity contribution < 1.29 is 4.74 Å². The third kappa shape index (κ3) is 2.06. The van der Waals surface area contributed by atoms with Crippen LogP contribution in [0.4, 0.5) is 0 Å². The van der Waals surface area contributed by atoms with Crippen molar-refractivity contribution in [3.05, 3.63) is 39.6 Å². The second-order valence-corrected chi connectivity index (χ2v) is 5.54. The molecule has 0 fully saturated rings. The predicted octanol–water partition coefficient (Wildman–Crippen LogP) is 3.77. The SMILES string of the molecule is COc1ccc2[nH]c(=S)n(C(C)c3nccs3)c2c1. The lowest BCUT2D eigenvalue weighted by molar-refractivity contribution is 0.415. The Morgan fingerprint density at radius 3 is 3.00 bits per heavy atom. The number of aromatic nitrogens is 3. The number of nitrogens with zero attached hydrogens (tertiary/aromatic N) is 2. The second-order valence-electron chi connectivity index (χ2n) is 4.23. The number of imidazole rings is 1. The van der Waals surface area contributed by atoms with Crippen LogP contribution in [0.3, 0.4) is 0 Å². The Balaban J connectivity index is 2.22. The molecule has 0 aliphatic rings. The van der Waals surface area contributed by atoms with E-state index in [2.05, 4.69) is 21.5 Å². The molecule has 4 nitrogen and oxygen atoms in total. The quantitative estimate of drug-likeness (QED) is 0.747. The van der Waals surface area contributed by atoms with E-state index in [0.29, 0.717) is 4.77 Å². The zero-order valence-electron chi connectivity index (χ0n) is 10.6. The highest BCUT2D eigenvalue weighted by molar-refractivity contribution is 7.71. The second kappa shape index (κ2) is 4.79. The van der Waals surface area contributed by atoms with Gasteiger partial charge in [-0.2, -0.15) is 0 Å². The number of nitrogens with one attached hydrogen (secondary N) is 1. The van der Waals surface area contributed by atoms with Crippen molar-refractivity contribution in [1.29, 1.82) is 0 Å². The minimum atomic E-state index is 0.105. The maximum absolute atomic E-state index is 5.43. The fourth-order valence-electron chi connectivity index (χ4n) is 2.16. The molecule has 0 bridgehead atoms. The molecule has 0 aliphatic heterocycles. The Morgan fingerprint density at radius 2 is 2.32 bits per heavy atom. The summed E-state index contributed by atoms with van der Waals surface area (Å²) in [4.78, 5) is 7.59. The van der Waals surface area contributed by atoms with Gasteiger partial charge >= 0.3 is 0 Å². The van der Waals surface area contributed by atoms with Gasteiger partial charge in [0.25, 0.3) is 0 Å². The molecular weight excluding hydrogens is 278 g/mol. The molecule has 2 heterocycles. The molecule has 0 saturated heterocycles. The summed E-state index contributed by atoms with van der Waals surface area (Å²) in [5.74, 6) is 0.821. The summed E-state index contributed by atoms with van der Waals surface area (Å²) in [6.45, 7) is 2.10. The molecule has 0 saturated carbocycles. The van der Waals surface area contributed by atoms with E-state index in [0.717, 1.165) is 21.8 Å². The van der Waals surface area contributed by atoms with Crippen LogP contribution in [-0.2, 0) is 0 Å². The summed E-state index contributed by atoms with van der Waals surface area (Å²) in [7, 11) is 1.66. The predicted molar refractivity (Wildman–Crippen MR) is 79.6 cm³/mol. The number of hydrogen-bond donors (Lipinski definition) is 1. The van der Waals surface area contributed by atoms with Gasteiger partial charge in [0.2, 0.25) is 0 Å². The topological polar surface area (TPSA) is 42.8 Å². The summed E-state index contributed by atoms with van der Waals surface area (Å²) in [6.07, 6.45) is 1.82. The monoisotopic (exact) mass is 291 g/mol. The normalized spacial score (nSPS) is 12.7. The Morgan fingerprint density at radius 1 is 1.47 bits per heavy atom. The molecule has 1 aromatic carbocycles. The third-order valence-electron chi connectivity index (χ3n) is 3.12. The first-order chi connectivity index (χ1) is 9.20. The minimum absolute atomic E-state index is 0.105. The van der Waals surface area contributed by atoms with Crippen LogP contribution in [0.15, 0.2) is 29.8 Å². The molecule has 1 atom stereocenters. The van der Waals surface area contributed by atoms with Gasteiger partial charge in [-0.05, 0) is 31.3 Å². The van der Waals surface area contributed by atoms with Crippen LogP contribution in [0.25, 0.3) is 11.0 Å². The molecule has 98 valence electrons. The molecule has 1 unspecified atom stereocenters. The summed E-state index contributed by atoms with van der Waals surface area (Å²) in [6, 6.07) is 6.00. The number of thiazole rings is 1. The molecule has 3 aromatic rings. The van der Waals surface area contributed by atoms with E-state index in [1.807, 2.05) is 29.8 Å². The van der Waals surface area contributed by atoms with Crippen molar-refractivity contribution in [2.24, 2.45) is 0 Å². The van der Waals surface area contributed by atoms with Gasteiger partial charge in [-0.1, -0.05) is 0 Å². The van der Waals surface area contributed by atoms with E-state index < -0.39 is 0 Å². The third-order valence-corrected chi connectivity index (χ3v) is 4.37. The maximum Gasteiger partial charge on any atom is 0.178 e. The lowest BCUT2D eigenvalue weighted by Crippen LogP contribution is -2.06. The number of aromatic amines is 1. The fourth-order valence-corrected chi connectivity index (χ4v) is 3.22. The number of H-pyrrole nitrogens is 1. The molecule has 3 rings (SSSR count). The van der Waals surface area contributed by atoms with Crippen molar-refractivity contribution >= 4 is 34.6 Å². The highest BCUT2D eigenvalue weighted by atomic mass is 32.1. The molecule has 0 spiro atoms. The Hall–Kier alpha value is -1.66. The van der Waals surface area contributed by atoms with E-state index in [4.69, 9.17) is 17.0 Å². The average Bonchev–Trinajstić information content (AvgIpc) is 3.03. The van der Waals surface area contributed by atoms with Crippen molar-refractivity contribution in [3.63, 3.8) is 0 Å². The zero-order chi connectivity index (χ0) is 13.4. The number of fused-ring (bicyclic) bond motifs is 1. The van der Waals surface area contributed by atoms with Gasteiger partial charge in [-0.15, -0.1) is 11.3 Å². The number of hydrogen-bond acceptors (Lipinski definition) is 4. The van der Waals surface area contributed by atoms with Crippen LogP contribution >= 0.6 is 23.6 Å². The summed E-state index contributed by atoms with van der Waals surface area (Å²) in [5, 5.41) is 3.02. The van der Waals surface area contributed by atoms with E-state index in [-0.39, 0.29) is 6.04 Å².